The number of hydrogen-bond acceptors (Lipinski definition) is 2. The zero-order chi connectivity index (χ0) is 8.36. The van der Waals surface area contributed by atoms with Crippen LogP contribution in [0.3, 0.4) is 0 Å². The highest BCUT2D eigenvalue weighted by atomic mass is 16.5. The summed E-state index contributed by atoms with van der Waals surface area (Å²) in [5.41, 5.74) is 2.71. The lowest BCUT2D eigenvalue weighted by atomic mass is 9.79. The van der Waals surface area contributed by atoms with E-state index in [1.165, 1.54) is 0 Å². The first-order valence-electron chi connectivity index (χ1n) is 3.52. The van der Waals surface area contributed by atoms with Crippen LogP contribution in [0, 0.1) is 11.3 Å². The Bertz CT molecular complexity index is 127. The largest absolute Gasteiger partial charge is 0.291 e. The molecule has 0 rings (SSSR count). The maximum atomic E-state index is 8.57. The maximum Gasteiger partial charge on any atom is 0.0363 e. The summed E-state index contributed by atoms with van der Waals surface area (Å²) in [5, 5.41) is 8.57. The molecule has 0 aliphatic rings. The highest BCUT2D eigenvalue weighted by molar-refractivity contribution is 5.03. The maximum absolute atomic E-state index is 8.57. The first kappa shape index (κ1) is 9.50. The van der Waals surface area contributed by atoms with E-state index < -0.39 is 0 Å². The summed E-state index contributed by atoms with van der Waals surface area (Å²) in [4.78, 5) is 0. The summed E-state index contributed by atoms with van der Waals surface area (Å²) in [6.07, 6.45) is 0. The highest BCUT2D eigenvalue weighted by Crippen LogP contribution is 2.31. The Morgan fingerprint density at radius 2 is 1.90 bits per heavy atom. The van der Waals surface area contributed by atoms with Gasteiger partial charge in [-0.3, -0.25) is 10.7 Å². The molecular formula is C8H17NO. The average Bonchev–Trinajstić information content (AvgIpc) is 1.86. The Kier molecular flexibility index (Phi) is 2.91. The molecule has 2 heteroatoms. The molecule has 0 aromatic rings. The molecule has 0 fully saturated rings. The molecule has 0 saturated carbocycles. The lowest BCUT2D eigenvalue weighted by Gasteiger charge is -2.30. The van der Waals surface area contributed by atoms with Gasteiger partial charge in [0, 0.05) is 11.1 Å². The molecule has 0 aromatic heterocycles. The number of hydrogen-bond donors (Lipinski definition) is 2. The van der Waals surface area contributed by atoms with E-state index in [-0.39, 0.29) is 5.41 Å². The van der Waals surface area contributed by atoms with Gasteiger partial charge in [-0.25, -0.2) is 0 Å². The first-order valence-corrected chi connectivity index (χ1v) is 3.52. The average molecular weight is 143 g/mol. The van der Waals surface area contributed by atoms with Gasteiger partial charge in [0.2, 0.25) is 0 Å². The molecule has 0 aliphatic carbocycles. The molecule has 0 unspecified atom stereocenters. The molecule has 0 bridgehead atoms. The third kappa shape index (κ3) is 1.74. The molecule has 0 heterocycles. The van der Waals surface area contributed by atoms with Gasteiger partial charge in [-0.15, -0.1) is 0 Å². The van der Waals surface area contributed by atoms with Crippen LogP contribution >= 0.6 is 0 Å². The van der Waals surface area contributed by atoms with Gasteiger partial charge >= 0.3 is 0 Å². The zero-order valence-electron chi connectivity index (χ0n) is 7.23. The SMILES string of the molecule is C=C(NO)C(C)(C)C(C)C. The van der Waals surface area contributed by atoms with Crippen LogP contribution < -0.4 is 5.48 Å². The van der Waals surface area contributed by atoms with Gasteiger partial charge in [-0.1, -0.05) is 34.3 Å². The summed E-state index contributed by atoms with van der Waals surface area (Å²) in [6.45, 7) is 12.0. The van der Waals surface area contributed by atoms with Crippen molar-refractivity contribution in [1.82, 2.24) is 5.48 Å². The number of hydroxylamine groups is 1. The molecule has 2 nitrogen and oxygen atoms in total. The van der Waals surface area contributed by atoms with E-state index in [1.807, 2.05) is 13.8 Å². The third-order valence-corrected chi connectivity index (χ3v) is 2.36. The number of nitrogens with one attached hydrogen (secondary N) is 1. The first-order chi connectivity index (χ1) is 4.42. The van der Waals surface area contributed by atoms with E-state index in [0.717, 1.165) is 0 Å². The molecule has 2 N–H and O–H groups in total. The fraction of sp³-hybridized carbons (Fsp3) is 0.750. The fourth-order valence-electron chi connectivity index (χ4n) is 0.493. The third-order valence-electron chi connectivity index (χ3n) is 2.36. The van der Waals surface area contributed by atoms with Crippen LogP contribution in [0.15, 0.2) is 12.3 Å². The molecule has 0 atom stereocenters. The van der Waals surface area contributed by atoms with Crippen LogP contribution in [0.4, 0.5) is 0 Å². The predicted octanol–water partition coefficient (Wildman–Crippen LogP) is 2.16. The van der Waals surface area contributed by atoms with Crippen molar-refractivity contribution in [2.75, 3.05) is 0 Å². The van der Waals surface area contributed by atoms with E-state index in [9.17, 15) is 0 Å². The minimum atomic E-state index is -0.0469. The normalized spacial score (nSPS) is 11.8. The quantitative estimate of drug-likeness (QED) is 0.593. The van der Waals surface area contributed by atoms with Crippen molar-refractivity contribution in [2.45, 2.75) is 27.7 Å². The van der Waals surface area contributed by atoms with Crippen molar-refractivity contribution in [3.05, 3.63) is 12.3 Å². The Hall–Kier alpha value is -0.500. The number of rotatable bonds is 3. The number of allylic oxidation sites excluding steroid dienone is 1. The summed E-state index contributed by atoms with van der Waals surface area (Å²) >= 11 is 0. The molecule has 0 aromatic carbocycles. The Morgan fingerprint density at radius 3 is 2.00 bits per heavy atom. The fourth-order valence-corrected chi connectivity index (χ4v) is 0.493. The Morgan fingerprint density at radius 1 is 1.50 bits per heavy atom. The second-order valence-electron chi connectivity index (χ2n) is 3.47. The molecule has 60 valence electrons. The summed E-state index contributed by atoms with van der Waals surface area (Å²) < 4.78 is 0. The van der Waals surface area contributed by atoms with Gasteiger partial charge in [0.25, 0.3) is 0 Å². The van der Waals surface area contributed by atoms with Gasteiger partial charge in [-0.2, -0.15) is 0 Å². The molecule has 0 radical (unpaired) electrons. The second kappa shape index (κ2) is 3.06. The summed E-state index contributed by atoms with van der Waals surface area (Å²) in [6, 6.07) is 0. The summed E-state index contributed by atoms with van der Waals surface area (Å²) in [7, 11) is 0. The van der Waals surface area contributed by atoms with E-state index in [4.69, 9.17) is 5.21 Å². The van der Waals surface area contributed by atoms with E-state index in [0.29, 0.717) is 11.6 Å². The topological polar surface area (TPSA) is 32.3 Å². The second-order valence-corrected chi connectivity index (χ2v) is 3.47. The summed E-state index contributed by atoms with van der Waals surface area (Å²) in [5.74, 6) is 0.472. The van der Waals surface area contributed by atoms with Crippen LogP contribution in [0.2, 0.25) is 0 Å². The molecular weight excluding hydrogens is 126 g/mol. The van der Waals surface area contributed by atoms with Crippen molar-refractivity contribution in [3.63, 3.8) is 0 Å². The van der Waals surface area contributed by atoms with Crippen molar-refractivity contribution in [2.24, 2.45) is 11.3 Å². The molecule has 10 heavy (non-hydrogen) atoms. The standard InChI is InChI=1S/C8H17NO/c1-6(2)8(4,5)7(3)9-10/h6,9-10H,3H2,1-2,4-5H3. The monoisotopic (exact) mass is 143 g/mol. The molecule has 0 spiro atoms. The smallest absolute Gasteiger partial charge is 0.0363 e. The highest BCUT2D eigenvalue weighted by Gasteiger charge is 2.25. The van der Waals surface area contributed by atoms with Crippen LogP contribution in [0.5, 0.6) is 0 Å². The van der Waals surface area contributed by atoms with Gasteiger partial charge in [0.15, 0.2) is 0 Å². The van der Waals surface area contributed by atoms with Gasteiger partial charge in [0.1, 0.15) is 0 Å². The molecule has 0 amide bonds. The Labute approximate surface area is 62.9 Å². The van der Waals surface area contributed by atoms with Crippen molar-refractivity contribution < 1.29 is 5.21 Å². The lowest BCUT2D eigenvalue weighted by Crippen LogP contribution is -2.28. The van der Waals surface area contributed by atoms with Crippen LogP contribution in [-0.2, 0) is 0 Å². The van der Waals surface area contributed by atoms with Gasteiger partial charge in [-0.05, 0) is 5.92 Å². The predicted molar refractivity (Wildman–Crippen MR) is 42.7 cm³/mol. The lowest BCUT2D eigenvalue weighted by molar-refractivity contribution is 0.151. The minimum absolute atomic E-state index is 0.0469. The molecule has 0 saturated heterocycles. The van der Waals surface area contributed by atoms with Crippen molar-refractivity contribution in [3.8, 4) is 0 Å². The van der Waals surface area contributed by atoms with Crippen LogP contribution in [0.25, 0.3) is 0 Å². The Balaban J connectivity index is 4.24. The molecule has 0 aliphatic heterocycles. The van der Waals surface area contributed by atoms with E-state index >= 15 is 0 Å². The van der Waals surface area contributed by atoms with Gasteiger partial charge < -0.3 is 0 Å². The van der Waals surface area contributed by atoms with E-state index in [2.05, 4.69) is 25.9 Å². The zero-order valence-corrected chi connectivity index (χ0v) is 7.23. The van der Waals surface area contributed by atoms with Gasteiger partial charge in [0.05, 0.1) is 0 Å². The minimum Gasteiger partial charge on any atom is -0.291 e. The van der Waals surface area contributed by atoms with Crippen molar-refractivity contribution >= 4 is 0 Å². The van der Waals surface area contributed by atoms with Crippen LogP contribution in [0.1, 0.15) is 27.7 Å². The van der Waals surface area contributed by atoms with E-state index in [1.54, 1.807) is 0 Å². The van der Waals surface area contributed by atoms with Crippen LogP contribution in [-0.4, -0.2) is 5.21 Å². The van der Waals surface area contributed by atoms with Crippen molar-refractivity contribution in [1.29, 1.82) is 0 Å².